The first-order chi connectivity index (χ1) is 14.2. The summed E-state index contributed by atoms with van der Waals surface area (Å²) in [4.78, 5) is 15.1. The minimum Gasteiger partial charge on any atom is -0.497 e. The molecule has 7 heteroatoms. The predicted octanol–water partition coefficient (Wildman–Crippen LogP) is 2.84. The minimum absolute atomic E-state index is 0.141. The lowest BCUT2D eigenvalue weighted by atomic mass is 9.98. The summed E-state index contributed by atoms with van der Waals surface area (Å²) in [5, 5.41) is 6.07. The van der Waals surface area contributed by atoms with Crippen LogP contribution in [0.2, 0.25) is 0 Å². The molecule has 1 saturated heterocycles. The van der Waals surface area contributed by atoms with Crippen LogP contribution in [0, 0.1) is 5.82 Å². The van der Waals surface area contributed by atoms with Gasteiger partial charge in [-0.1, -0.05) is 30.3 Å². The van der Waals surface area contributed by atoms with Crippen LogP contribution in [0.5, 0.6) is 5.75 Å². The Hall–Kier alpha value is -2.77. The summed E-state index contributed by atoms with van der Waals surface area (Å²) in [5.41, 5.74) is 2.09. The predicted molar refractivity (Wildman–Crippen MR) is 107 cm³/mol. The van der Waals surface area contributed by atoms with Gasteiger partial charge in [-0.05, 0) is 18.2 Å². The first kappa shape index (κ1) is 19.5. The van der Waals surface area contributed by atoms with Gasteiger partial charge in [0, 0.05) is 30.6 Å². The largest absolute Gasteiger partial charge is 0.497 e. The molecule has 1 amide bonds. The van der Waals surface area contributed by atoms with Gasteiger partial charge in [0.05, 0.1) is 38.6 Å². The van der Waals surface area contributed by atoms with Crippen molar-refractivity contribution >= 4 is 11.6 Å². The van der Waals surface area contributed by atoms with Crippen molar-refractivity contribution in [2.45, 2.75) is 12.5 Å². The van der Waals surface area contributed by atoms with Crippen molar-refractivity contribution in [3.05, 3.63) is 65.5 Å². The fourth-order valence-electron chi connectivity index (χ4n) is 3.73. The molecule has 2 heterocycles. The number of methoxy groups -OCH3 is 1. The van der Waals surface area contributed by atoms with Crippen molar-refractivity contribution in [1.82, 2.24) is 9.91 Å². The number of morpholine rings is 1. The number of rotatable bonds is 5. The highest BCUT2D eigenvalue weighted by molar-refractivity contribution is 6.03. The fraction of sp³-hybridized carbons (Fsp3) is 0.364. The number of hydrogen-bond donors (Lipinski definition) is 0. The van der Waals surface area contributed by atoms with Crippen LogP contribution in [0.25, 0.3) is 0 Å². The van der Waals surface area contributed by atoms with Crippen molar-refractivity contribution in [1.29, 1.82) is 0 Å². The Balaban J connectivity index is 1.63. The van der Waals surface area contributed by atoms with Gasteiger partial charge in [0.2, 0.25) is 0 Å². The Morgan fingerprint density at radius 1 is 1.21 bits per heavy atom. The second kappa shape index (κ2) is 8.71. The highest BCUT2D eigenvalue weighted by atomic mass is 19.1. The lowest BCUT2D eigenvalue weighted by Crippen LogP contribution is -2.43. The molecule has 6 nitrogen and oxygen atoms in total. The van der Waals surface area contributed by atoms with E-state index in [1.165, 1.54) is 11.1 Å². The maximum absolute atomic E-state index is 14.5. The second-order valence-corrected chi connectivity index (χ2v) is 7.15. The zero-order chi connectivity index (χ0) is 20.2. The van der Waals surface area contributed by atoms with Gasteiger partial charge < -0.3 is 9.47 Å². The highest BCUT2D eigenvalue weighted by Gasteiger charge is 2.35. The maximum Gasteiger partial charge on any atom is 0.257 e. The third-order valence-corrected chi connectivity index (χ3v) is 5.30. The van der Waals surface area contributed by atoms with Crippen molar-refractivity contribution in [3.8, 4) is 5.75 Å². The topological polar surface area (TPSA) is 54.4 Å². The van der Waals surface area contributed by atoms with Gasteiger partial charge in [0.15, 0.2) is 0 Å². The summed E-state index contributed by atoms with van der Waals surface area (Å²) in [6, 6.07) is 13.7. The van der Waals surface area contributed by atoms with Crippen molar-refractivity contribution in [3.63, 3.8) is 0 Å². The van der Waals surface area contributed by atoms with E-state index in [0.717, 1.165) is 11.3 Å². The molecule has 0 spiro atoms. The van der Waals surface area contributed by atoms with Crippen molar-refractivity contribution in [2.24, 2.45) is 5.10 Å². The SMILES string of the molecule is COc1cccc(C2=NN(C(=O)CN3CCOCC3)[C@H](c3ccccc3F)C2)c1. The molecule has 0 saturated carbocycles. The van der Waals surface area contributed by atoms with Crippen molar-refractivity contribution < 1.29 is 18.7 Å². The summed E-state index contributed by atoms with van der Waals surface area (Å²) in [5.74, 6) is 0.243. The molecule has 0 radical (unpaired) electrons. The second-order valence-electron chi connectivity index (χ2n) is 7.15. The number of carbonyl (C=O) groups excluding carboxylic acids is 1. The Bertz CT molecular complexity index is 912. The average Bonchev–Trinajstić information content (AvgIpc) is 3.20. The van der Waals surface area contributed by atoms with E-state index in [2.05, 4.69) is 5.10 Å². The van der Waals surface area contributed by atoms with Gasteiger partial charge in [0.25, 0.3) is 5.91 Å². The summed E-state index contributed by atoms with van der Waals surface area (Å²) in [7, 11) is 1.61. The number of carbonyl (C=O) groups is 1. The van der Waals surface area contributed by atoms with Crippen LogP contribution in [0.1, 0.15) is 23.6 Å². The zero-order valence-corrected chi connectivity index (χ0v) is 16.4. The van der Waals surface area contributed by atoms with E-state index < -0.39 is 6.04 Å². The summed E-state index contributed by atoms with van der Waals surface area (Å²) < 4.78 is 25.2. The van der Waals surface area contributed by atoms with Crippen LogP contribution in [0.15, 0.2) is 53.6 Å². The van der Waals surface area contributed by atoms with E-state index in [9.17, 15) is 9.18 Å². The Labute approximate surface area is 169 Å². The maximum atomic E-state index is 14.5. The normalized spacial score (nSPS) is 19.9. The summed E-state index contributed by atoms with van der Waals surface area (Å²) in [6.45, 7) is 2.88. The number of hydrogen-bond acceptors (Lipinski definition) is 5. The van der Waals surface area contributed by atoms with E-state index in [-0.39, 0.29) is 18.3 Å². The number of hydrazone groups is 1. The van der Waals surface area contributed by atoms with Crippen LogP contribution in [-0.2, 0) is 9.53 Å². The van der Waals surface area contributed by atoms with E-state index in [1.807, 2.05) is 29.2 Å². The molecule has 2 aliphatic rings. The Kier molecular flexibility index (Phi) is 5.87. The van der Waals surface area contributed by atoms with Gasteiger partial charge in [-0.2, -0.15) is 5.10 Å². The highest BCUT2D eigenvalue weighted by Crippen LogP contribution is 2.34. The lowest BCUT2D eigenvalue weighted by Gasteiger charge is -2.29. The molecule has 0 aromatic heterocycles. The molecule has 2 aromatic carbocycles. The number of benzene rings is 2. The standard InChI is InChI=1S/C22H24FN3O3/c1-28-17-6-4-5-16(13-17)20-14-21(18-7-2-3-8-19(18)23)26(24-20)22(27)15-25-9-11-29-12-10-25/h2-8,13,21H,9-12,14-15H2,1H3/t21-/m0/s1. The average molecular weight is 397 g/mol. The van der Waals surface area contributed by atoms with Crippen LogP contribution in [0.4, 0.5) is 4.39 Å². The van der Waals surface area contributed by atoms with Gasteiger partial charge >= 0.3 is 0 Å². The number of halogens is 1. The third-order valence-electron chi connectivity index (χ3n) is 5.30. The molecule has 0 bridgehead atoms. The molecule has 0 N–H and O–H groups in total. The van der Waals surface area contributed by atoms with Crippen LogP contribution in [0.3, 0.4) is 0 Å². The van der Waals surface area contributed by atoms with Crippen molar-refractivity contribution in [2.75, 3.05) is 40.0 Å². The molecule has 1 atom stereocenters. The zero-order valence-electron chi connectivity index (χ0n) is 16.4. The molecular formula is C22H24FN3O3. The van der Waals surface area contributed by atoms with E-state index >= 15 is 0 Å². The van der Waals surface area contributed by atoms with Gasteiger partial charge in [-0.15, -0.1) is 0 Å². The first-order valence-electron chi connectivity index (χ1n) is 9.74. The molecule has 152 valence electrons. The minimum atomic E-state index is -0.467. The van der Waals surface area contributed by atoms with Crippen LogP contribution >= 0.6 is 0 Å². The van der Waals surface area contributed by atoms with Gasteiger partial charge in [0.1, 0.15) is 11.6 Å². The van der Waals surface area contributed by atoms with E-state index in [0.29, 0.717) is 44.0 Å². The summed E-state index contributed by atoms with van der Waals surface area (Å²) in [6.07, 6.45) is 0.447. The number of nitrogens with zero attached hydrogens (tertiary/aromatic N) is 3. The lowest BCUT2D eigenvalue weighted by molar-refractivity contribution is -0.135. The van der Waals surface area contributed by atoms with E-state index in [4.69, 9.17) is 9.47 Å². The van der Waals surface area contributed by atoms with Gasteiger partial charge in [-0.3, -0.25) is 9.69 Å². The fourth-order valence-corrected chi connectivity index (χ4v) is 3.73. The molecule has 2 aromatic rings. The van der Waals surface area contributed by atoms with E-state index in [1.54, 1.807) is 25.3 Å². The third kappa shape index (κ3) is 4.31. The van der Waals surface area contributed by atoms with Crippen LogP contribution in [-0.4, -0.2) is 61.5 Å². The van der Waals surface area contributed by atoms with Crippen LogP contribution < -0.4 is 4.74 Å². The molecule has 29 heavy (non-hydrogen) atoms. The molecule has 0 aliphatic carbocycles. The molecule has 0 unspecified atom stereocenters. The first-order valence-corrected chi connectivity index (χ1v) is 9.74. The Morgan fingerprint density at radius 3 is 2.76 bits per heavy atom. The molecule has 4 rings (SSSR count). The molecule has 2 aliphatic heterocycles. The number of ether oxygens (including phenoxy) is 2. The quantitative estimate of drug-likeness (QED) is 0.779. The molecular weight excluding hydrogens is 373 g/mol. The summed E-state index contributed by atoms with van der Waals surface area (Å²) >= 11 is 0. The van der Waals surface area contributed by atoms with Gasteiger partial charge in [-0.25, -0.2) is 9.40 Å². The smallest absolute Gasteiger partial charge is 0.257 e. The number of amides is 1. The Morgan fingerprint density at radius 2 is 2.00 bits per heavy atom. The molecule has 1 fully saturated rings. The monoisotopic (exact) mass is 397 g/mol.